The molecule has 1 amide bonds. The van der Waals surface area contributed by atoms with Gasteiger partial charge in [0, 0.05) is 12.1 Å². The van der Waals surface area contributed by atoms with Crippen LogP contribution < -0.4 is 11.0 Å². The first-order valence-electron chi connectivity index (χ1n) is 8.16. The van der Waals surface area contributed by atoms with Crippen LogP contribution in [0.1, 0.15) is 44.0 Å². The molecule has 1 aromatic carbocycles. The van der Waals surface area contributed by atoms with Gasteiger partial charge in [-0.05, 0) is 32.4 Å². The molecule has 0 aliphatic heterocycles. The number of thioether (sulfide) groups is 1. The molecule has 0 fully saturated rings. The summed E-state index contributed by atoms with van der Waals surface area (Å²) in [6.45, 7) is 5.80. The fraction of sp³-hybridized carbons (Fsp3) is 0.412. The molecule has 8 heteroatoms. The summed E-state index contributed by atoms with van der Waals surface area (Å²) >= 11 is 1.21. The molecular formula is C17H22N4O3S. The van der Waals surface area contributed by atoms with Crippen molar-refractivity contribution in [3.05, 3.63) is 40.3 Å². The van der Waals surface area contributed by atoms with Gasteiger partial charge >= 0.3 is 5.69 Å². The first-order valence-corrected chi connectivity index (χ1v) is 9.04. The van der Waals surface area contributed by atoms with Gasteiger partial charge in [-0.25, -0.2) is 9.89 Å². The van der Waals surface area contributed by atoms with Crippen LogP contribution in [-0.2, 0) is 11.3 Å². The highest BCUT2D eigenvalue weighted by atomic mass is 32.2. The van der Waals surface area contributed by atoms with Crippen LogP contribution in [0.3, 0.4) is 0 Å². The number of benzene rings is 1. The Bertz CT molecular complexity index is 812. The van der Waals surface area contributed by atoms with Gasteiger partial charge in [0.05, 0.1) is 10.9 Å². The van der Waals surface area contributed by atoms with Crippen molar-refractivity contribution in [1.82, 2.24) is 14.8 Å². The fourth-order valence-electron chi connectivity index (χ4n) is 2.25. The van der Waals surface area contributed by atoms with Crippen LogP contribution >= 0.6 is 11.8 Å². The van der Waals surface area contributed by atoms with Gasteiger partial charge in [-0.15, -0.1) is 5.10 Å². The average Bonchev–Trinajstić information content (AvgIpc) is 2.93. The monoisotopic (exact) mass is 362 g/mol. The lowest BCUT2D eigenvalue weighted by Crippen LogP contribution is -2.24. The smallest absolute Gasteiger partial charge is 0.324 e. The third-order valence-corrected chi connectivity index (χ3v) is 4.76. The lowest BCUT2D eigenvalue weighted by atomic mass is 10.1. The zero-order valence-corrected chi connectivity index (χ0v) is 15.4. The van der Waals surface area contributed by atoms with Crippen LogP contribution in [-0.4, -0.2) is 31.7 Å². The number of H-pyrrole nitrogens is 1. The Morgan fingerprint density at radius 1 is 1.36 bits per heavy atom. The van der Waals surface area contributed by atoms with Crippen LogP contribution in [0.25, 0.3) is 0 Å². The van der Waals surface area contributed by atoms with Crippen molar-refractivity contribution < 1.29 is 9.59 Å². The first kappa shape index (κ1) is 19.0. The normalized spacial score (nSPS) is 12.0. The highest BCUT2D eigenvalue weighted by molar-refractivity contribution is 8.00. The summed E-state index contributed by atoms with van der Waals surface area (Å²) in [4.78, 5) is 35.9. The number of para-hydroxylation sites is 1. The van der Waals surface area contributed by atoms with Crippen LogP contribution in [0, 0.1) is 0 Å². The number of hydrogen-bond donors (Lipinski definition) is 2. The van der Waals surface area contributed by atoms with Crippen molar-refractivity contribution in [1.29, 1.82) is 0 Å². The minimum Gasteiger partial charge on any atom is -0.324 e. The predicted molar refractivity (Wildman–Crippen MR) is 98.2 cm³/mol. The lowest BCUT2D eigenvalue weighted by molar-refractivity contribution is -0.115. The van der Waals surface area contributed by atoms with Gasteiger partial charge in [-0.3, -0.25) is 14.2 Å². The predicted octanol–water partition coefficient (Wildman–Crippen LogP) is 2.69. The number of carbonyl (C=O) groups is 2. The minimum absolute atomic E-state index is 0.114. The number of Topliss-reactive ketones (excluding diaryl/α,β-unsaturated/α-hetero) is 1. The summed E-state index contributed by atoms with van der Waals surface area (Å²) < 4.78 is 1.54. The fourth-order valence-corrected chi connectivity index (χ4v) is 3.13. The highest BCUT2D eigenvalue weighted by Crippen LogP contribution is 2.23. The lowest BCUT2D eigenvalue weighted by Gasteiger charge is -2.13. The Hall–Kier alpha value is -2.35. The quantitative estimate of drug-likeness (QED) is 0.556. The molecule has 25 heavy (non-hydrogen) atoms. The molecule has 1 atom stereocenters. The Morgan fingerprint density at radius 3 is 2.76 bits per heavy atom. The van der Waals surface area contributed by atoms with Gasteiger partial charge in [0.2, 0.25) is 5.91 Å². The molecule has 0 spiro atoms. The molecule has 1 heterocycles. The molecule has 2 aromatic rings. The number of rotatable bonds is 8. The van der Waals surface area contributed by atoms with E-state index in [1.54, 1.807) is 35.8 Å². The number of aromatic nitrogens is 3. The van der Waals surface area contributed by atoms with Gasteiger partial charge in [-0.1, -0.05) is 37.2 Å². The molecule has 0 radical (unpaired) electrons. The van der Waals surface area contributed by atoms with Crippen molar-refractivity contribution in [2.24, 2.45) is 0 Å². The van der Waals surface area contributed by atoms with E-state index in [1.165, 1.54) is 18.7 Å². The second-order valence-corrected chi connectivity index (χ2v) is 6.98. The Kier molecular flexibility index (Phi) is 6.58. The highest BCUT2D eigenvalue weighted by Gasteiger charge is 2.20. The minimum atomic E-state index is -0.476. The third kappa shape index (κ3) is 4.82. The van der Waals surface area contributed by atoms with Crippen LogP contribution in [0.2, 0.25) is 0 Å². The standard InChI is InChI=1S/C17H22N4O3S/c1-4-5-10-21-16(24)19-20-17(21)25-12(3)15(23)18-14-9-7-6-8-13(14)11(2)22/h6-9,12H,4-5,10H2,1-3H3,(H,18,23)(H,19,24). The van der Waals surface area contributed by atoms with Crippen molar-refractivity contribution in [2.75, 3.05) is 5.32 Å². The molecule has 0 bridgehead atoms. The molecule has 0 saturated heterocycles. The molecule has 7 nitrogen and oxygen atoms in total. The van der Waals surface area contributed by atoms with Gasteiger partial charge in [0.1, 0.15) is 0 Å². The van der Waals surface area contributed by atoms with Gasteiger partial charge in [-0.2, -0.15) is 0 Å². The molecule has 2 rings (SSSR count). The number of hydrogen-bond acceptors (Lipinski definition) is 5. The van der Waals surface area contributed by atoms with E-state index in [1.807, 2.05) is 6.92 Å². The Morgan fingerprint density at radius 2 is 2.08 bits per heavy atom. The van der Waals surface area contributed by atoms with Crippen LogP contribution in [0.5, 0.6) is 0 Å². The molecule has 134 valence electrons. The summed E-state index contributed by atoms with van der Waals surface area (Å²) in [5, 5.41) is 9.21. The number of ketones is 1. The number of unbranched alkanes of at least 4 members (excludes halogenated alkanes) is 1. The van der Waals surface area contributed by atoms with Crippen molar-refractivity contribution in [3.8, 4) is 0 Å². The van der Waals surface area contributed by atoms with E-state index in [9.17, 15) is 14.4 Å². The summed E-state index contributed by atoms with van der Waals surface area (Å²) in [7, 11) is 0. The Labute approximate surface area is 150 Å². The Balaban J connectivity index is 2.09. The second-order valence-electron chi connectivity index (χ2n) is 5.67. The number of nitrogens with one attached hydrogen (secondary N) is 2. The number of carbonyl (C=O) groups excluding carboxylic acids is 2. The molecule has 2 N–H and O–H groups in total. The molecule has 0 saturated carbocycles. The average molecular weight is 362 g/mol. The molecule has 1 unspecified atom stereocenters. The van der Waals surface area contributed by atoms with E-state index in [4.69, 9.17) is 0 Å². The van der Waals surface area contributed by atoms with E-state index < -0.39 is 5.25 Å². The van der Waals surface area contributed by atoms with E-state index in [-0.39, 0.29) is 17.4 Å². The van der Waals surface area contributed by atoms with Crippen molar-refractivity contribution in [2.45, 2.75) is 50.6 Å². The summed E-state index contributed by atoms with van der Waals surface area (Å²) in [6, 6.07) is 6.88. The maximum absolute atomic E-state index is 12.5. The zero-order chi connectivity index (χ0) is 18.4. The van der Waals surface area contributed by atoms with Crippen LogP contribution in [0.15, 0.2) is 34.2 Å². The maximum Gasteiger partial charge on any atom is 0.343 e. The largest absolute Gasteiger partial charge is 0.343 e. The molecule has 0 aliphatic rings. The summed E-state index contributed by atoms with van der Waals surface area (Å²) in [6.07, 6.45) is 1.82. The van der Waals surface area contributed by atoms with E-state index in [2.05, 4.69) is 15.5 Å². The third-order valence-electron chi connectivity index (χ3n) is 3.67. The number of anilines is 1. The van der Waals surface area contributed by atoms with E-state index in [0.29, 0.717) is 23.0 Å². The topological polar surface area (TPSA) is 96.8 Å². The van der Waals surface area contributed by atoms with Gasteiger partial charge < -0.3 is 5.32 Å². The number of aromatic amines is 1. The van der Waals surface area contributed by atoms with E-state index in [0.717, 1.165) is 12.8 Å². The van der Waals surface area contributed by atoms with E-state index >= 15 is 0 Å². The number of amides is 1. The summed E-state index contributed by atoms with van der Waals surface area (Å²) in [5.74, 6) is -0.367. The zero-order valence-electron chi connectivity index (χ0n) is 14.5. The SMILES string of the molecule is CCCCn1c(SC(C)C(=O)Nc2ccccc2C(C)=O)n[nH]c1=O. The van der Waals surface area contributed by atoms with Crippen molar-refractivity contribution >= 4 is 29.1 Å². The first-order chi connectivity index (χ1) is 11.9. The molecular weight excluding hydrogens is 340 g/mol. The molecule has 0 aliphatic carbocycles. The molecule has 1 aromatic heterocycles. The van der Waals surface area contributed by atoms with Crippen LogP contribution in [0.4, 0.5) is 5.69 Å². The second kappa shape index (κ2) is 8.66. The summed E-state index contributed by atoms with van der Waals surface area (Å²) in [5.41, 5.74) is 0.677. The maximum atomic E-state index is 12.5. The van der Waals surface area contributed by atoms with Crippen molar-refractivity contribution in [3.63, 3.8) is 0 Å². The van der Waals surface area contributed by atoms with Gasteiger partial charge in [0.15, 0.2) is 10.9 Å². The number of nitrogens with zero attached hydrogens (tertiary/aromatic N) is 2. The van der Waals surface area contributed by atoms with Gasteiger partial charge in [0.25, 0.3) is 0 Å².